The van der Waals surface area contributed by atoms with E-state index >= 15 is 0 Å². The van der Waals surface area contributed by atoms with Crippen LogP contribution < -0.4 is 4.90 Å². The Morgan fingerprint density at radius 3 is 1.70 bits per heavy atom. The lowest BCUT2D eigenvalue weighted by Crippen LogP contribution is -2.28. The number of aromatic nitrogens is 3. The molecule has 0 saturated carbocycles. The van der Waals surface area contributed by atoms with Crippen molar-refractivity contribution in [3.8, 4) is 60.8 Å². The quantitative estimate of drug-likeness (QED) is 0.152. The second-order valence-corrected chi connectivity index (χ2v) is 22.5. The summed E-state index contributed by atoms with van der Waals surface area (Å²) in [5, 5.41) is 6.00. The number of para-hydroxylation sites is 4. The maximum absolute atomic E-state index is 5.64. The van der Waals surface area contributed by atoms with Gasteiger partial charge in [-0.25, -0.2) is 4.98 Å². The maximum atomic E-state index is 5.64. The zero-order valence-corrected chi connectivity index (χ0v) is 44.4. The fourth-order valence-corrected chi connectivity index (χ4v) is 14.1. The summed E-state index contributed by atoms with van der Waals surface area (Å²) in [6.45, 7) is 2.28. The van der Waals surface area contributed by atoms with Crippen LogP contribution in [-0.4, -0.2) is 20.2 Å². The van der Waals surface area contributed by atoms with Gasteiger partial charge in [0.05, 0.1) is 38.3 Å². The van der Waals surface area contributed by atoms with Gasteiger partial charge in [-0.2, -0.15) is 0 Å². The van der Waals surface area contributed by atoms with E-state index in [2.05, 4.69) is 288 Å². The van der Waals surface area contributed by atoms with E-state index in [1.807, 2.05) is 0 Å². The summed E-state index contributed by atoms with van der Waals surface area (Å²) in [5.41, 5.74) is 22.7. The number of allylic oxidation sites excluding steroid dienone is 6. The molecule has 0 N–H and O–H groups in total. The Kier molecular flexibility index (Phi) is 10.6. The van der Waals surface area contributed by atoms with E-state index in [0.29, 0.717) is 11.8 Å². The molecule has 0 fully saturated rings. The number of benzene rings is 10. The lowest BCUT2D eigenvalue weighted by molar-refractivity contribution is 0.735. The van der Waals surface area contributed by atoms with Crippen LogP contribution in [0.15, 0.2) is 267 Å². The number of anilines is 2. The summed E-state index contributed by atoms with van der Waals surface area (Å²) in [4.78, 5) is 8.14. The molecule has 16 rings (SSSR count). The van der Waals surface area contributed by atoms with Gasteiger partial charge in [0.2, 0.25) is 0 Å². The number of hydrogen-bond donors (Lipinski definition) is 0. The first kappa shape index (κ1) is 45.6. The van der Waals surface area contributed by atoms with Crippen LogP contribution in [0.1, 0.15) is 24.8 Å². The molecule has 4 heterocycles. The predicted molar refractivity (Wildman–Crippen MR) is 335 cm³/mol. The average Bonchev–Trinajstić information content (AvgIpc) is 4.46. The molecule has 3 unspecified atom stereocenters. The van der Waals surface area contributed by atoms with Gasteiger partial charge in [0, 0.05) is 66.9 Å². The Morgan fingerprint density at radius 2 is 0.987 bits per heavy atom. The third-order valence-electron chi connectivity index (χ3n) is 16.8. The van der Waals surface area contributed by atoms with Crippen molar-refractivity contribution in [3.05, 3.63) is 273 Å². The van der Waals surface area contributed by atoms with Crippen molar-refractivity contribution in [2.45, 2.75) is 25.3 Å². The molecule has 79 heavy (non-hydrogen) atoms. The summed E-state index contributed by atoms with van der Waals surface area (Å²) in [5.74, 6) is 0.834. The molecule has 1 aliphatic heterocycles. The van der Waals surface area contributed by atoms with Crippen molar-refractivity contribution in [2.75, 3.05) is 4.90 Å². The van der Waals surface area contributed by atoms with Gasteiger partial charge in [-0.05, 0) is 136 Å². The lowest BCUT2D eigenvalue weighted by Gasteiger charge is -2.28. The van der Waals surface area contributed by atoms with Crippen molar-refractivity contribution in [1.29, 1.82) is 0 Å². The highest BCUT2D eigenvalue weighted by Gasteiger charge is 2.37. The minimum atomic E-state index is 0.254. The highest BCUT2D eigenvalue weighted by molar-refractivity contribution is 7.22. The first-order valence-corrected chi connectivity index (χ1v) is 28.4. The number of nitrogens with zero attached hydrogens (tertiary/aromatic N) is 4. The monoisotopic (exact) mass is 1030 g/mol. The van der Waals surface area contributed by atoms with Crippen LogP contribution in [0.3, 0.4) is 0 Å². The average molecular weight is 1030 g/mol. The summed E-state index contributed by atoms with van der Waals surface area (Å²) in [6, 6.07) is 83.1. The number of hydrogen-bond acceptors (Lipinski definition) is 3. The van der Waals surface area contributed by atoms with Gasteiger partial charge in [-0.1, -0.05) is 189 Å². The van der Waals surface area contributed by atoms with Crippen molar-refractivity contribution in [3.63, 3.8) is 0 Å². The molecule has 0 bridgehead atoms. The summed E-state index contributed by atoms with van der Waals surface area (Å²) in [6.07, 6.45) is 17.1. The standard InChI is InChI=1S/C74H52N4S/c1-47-24-37-57(38-25-47)78-68-23-13-10-20-62(68)65-46-54(36-43-71(65)78)74-75-72-58(50-30-26-48(27-31-50)52-34-41-69-63(44-52)60-18-8-11-21-66(60)76(69)55-14-4-2-5-15-55)39-40-59(73(72)79-74)51-32-28-49(29-33-51)53-35-42-70-64(45-53)61-19-9-12-22-67(61)77(70)56-16-6-3-7-17-56/h2-24,26-47,60,66H,25H2,1H3. The van der Waals surface area contributed by atoms with Crippen LogP contribution in [0.4, 0.5) is 11.4 Å². The van der Waals surface area contributed by atoms with Crippen LogP contribution in [0.25, 0.3) is 120 Å². The first-order valence-electron chi connectivity index (χ1n) is 27.6. The Morgan fingerprint density at radius 1 is 0.443 bits per heavy atom. The Hall–Kier alpha value is -9.55. The molecule has 0 spiro atoms. The van der Waals surface area contributed by atoms with Crippen molar-refractivity contribution >= 4 is 82.2 Å². The molecule has 3 aromatic heterocycles. The molecule has 374 valence electrons. The topological polar surface area (TPSA) is 26.0 Å². The van der Waals surface area contributed by atoms with Gasteiger partial charge in [-0.15, -0.1) is 11.3 Å². The van der Waals surface area contributed by atoms with Crippen LogP contribution >= 0.6 is 11.3 Å². The molecular weight excluding hydrogens is 977 g/mol. The van der Waals surface area contributed by atoms with E-state index in [0.717, 1.165) is 33.6 Å². The van der Waals surface area contributed by atoms with Gasteiger partial charge < -0.3 is 14.0 Å². The van der Waals surface area contributed by atoms with Crippen LogP contribution in [-0.2, 0) is 0 Å². The zero-order valence-electron chi connectivity index (χ0n) is 43.5. The first-order chi connectivity index (χ1) is 39.1. The van der Waals surface area contributed by atoms with Crippen LogP contribution in [0, 0.1) is 5.92 Å². The Bertz CT molecular complexity index is 4700. The molecule has 0 saturated heterocycles. The van der Waals surface area contributed by atoms with E-state index in [-0.39, 0.29) is 6.04 Å². The third kappa shape index (κ3) is 7.45. The van der Waals surface area contributed by atoms with Gasteiger partial charge in [-0.3, -0.25) is 0 Å². The second kappa shape index (κ2) is 18.3. The van der Waals surface area contributed by atoms with Gasteiger partial charge in [0.15, 0.2) is 0 Å². The van der Waals surface area contributed by atoms with E-state index in [9.17, 15) is 0 Å². The van der Waals surface area contributed by atoms with Gasteiger partial charge in [0.1, 0.15) is 5.01 Å². The van der Waals surface area contributed by atoms with Gasteiger partial charge in [0.25, 0.3) is 0 Å². The summed E-state index contributed by atoms with van der Waals surface area (Å²) < 4.78 is 5.99. The van der Waals surface area contributed by atoms with E-state index in [1.54, 1.807) is 11.3 Å². The van der Waals surface area contributed by atoms with E-state index in [1.165, 1.54) is 110 Å². The van der Waals surface area contributed by atoms with Crippen molar-refractivity contribution in [1.82, 2.24) is 14.1 Å². The maximum Gasteiger partial charge on any atom is 0.124 e. The number of rotatable bonds is 8. The summed E-state index contributed by atoms with van der Waals surface area (Å²) in [7, 11) is 0. The van der Waals surface area contributed by atoms with Crippen molar-refractivity contribution < 1.29 is 0 Å². The van der Waals surface area contributed by atoms with E-state index in [4.69, 9.17) is 4.98 Å². The molecule has 0 radical (unpaired) electrons. The van der Waals surface area contributed by atoms with Crippen LogP contribution in [0.2, 0.25) is 0 Å². The molecule has 3 aliphatic rings. The fourth-order valence-electron chi connectivity index (χ4n) is 13.0. The molecule has 13 aromatic rings. The molecule has 0 amide bonds. The number of fused-ring (bicyclic) bond motifs is 10. The Labute approximate surface area is 463 Å². The lowest BCUT2D eigenvalue weighted by atomic mass is 9.89. The highest BCUT2D eigenvalue weighted by atomic mass is 32.1. The predicted octanol–water partition coefficient (Wildman–Crippen LogP) is 20.0. The smallest absolute Gasteiger partial charge is 0.124 e. The van der Waals surface area contributed by atoms with Crippen molar-refractivity contribution in [2.24, 2.45) is 5.92 Å². The van der Waals surface area contributed by atoms with Gasteiger partial charge >= 0.3 is 0 Å². The molecule has 5 heteroatoms. The highest BCUT2D eigenvalue weighted by Crippen LogP contribution is 2.50. The molecule has 2 aliphatic carbocycles. The summed E-state index contributed by atoms with van der Waals surface area (Å²) >= 11 is 1.80. The molecule has 3 atom stereocenters. The molecule has 4 nitrogen and oxygen atoms in total. The normalized spacial score (nSPS) is 16.6. The van der Waals surface area contributed by atoms with E-state index < -0.39 is 0 Å². The SMILES string of the molecule is CC1C=CC(n2c3ccccc3c3cc(-c4nc5c(-c6ccc(-c7ccc8c(c7)C7C=CC=CC7N8c7ccccc7)cc6)ccc(-c6ccc(-c7ccc8c(c7)c7ccccc7n8-c7ccccc7)cc6)c5s4)ccc32)=CC1. The number of thiazole rings is 1. The minimum Gasteiger partial charge on any atom is -0.333 e. The zero-order chi connectivity index (χ0) is 52.1. The minimum absolute atomic E-state index is 0.254. The Balaban J connectivity index is 0.793. The van der Waals surface area contributed by atoms with Crippen LogP contribution in [0.5, 0.6) is 0 Å². The third-order valence-corrected chi connectivity index (χ3v) is 18.0. The largest absolute Gasteiger partial charge is 0.333 e. The second-order valence-electron chi connectivity index (χ2n) is 21.5. The fraction of sp³-hybridized carbons (Fsp3) is 0.0676. The molecule has 10 aromatic carbocycles. The molecular formula is C74H52N4S.